The largest absolute Gasteiger partial charge is 0.494 e. The van der Waals surface area contributed by atoms with E-state index in [1.54, 1.807) is 4.90 Å². The van der Waals surface area contributed by atoms with E-state index >= 15 is 0 Å². The average molecular weight is 328 g/mol. The first kappa shape index (κ1) is 16.5. The van der Waals surface area contributed by atoms with Crippen LogP contribution in [-0.2, 0) is 13.0 Å². The van der Waals surface area contributed by atoms with Gasteiger partial charge in [0.2, 0.25) is 5.82 Å². The fourth-order valence-electron chi connectivity index (χ4n) is 3.03. The van der Waals surface area contributed by atoms with Crippen molar-refractivity contribution in [3.63, 3.8) is 0 Å². The molecule has 0 saturated heterocycles. The molecule has 1 aromatic carbocycles. The number of fused-ring (bicyclic) bond motifs is 1. The highest BCUT2D eigenvalue weighted by atomic mass is 16.5. The minimum absolute atomic E-state index is 0.0512. The lowest BCUT2D eigenvalue weighted by Gasteiger charge is -2.25. The summed E-state index contributed by atoms with van der Waals surface area (Å²) in [7, 11) is 1.81. The Balaban J connectivity index is 1.76. The van der Waals surface area contributed by atoms with E-state index in [0.717, 1.165) is 42.9 Å². The SMILES string of the molecule is CCOc1ccc(C(C)N(C)C(=O)c2nnc3n2CCCC3)cc1. The maximum absolute atomic E-state index is 12.8. The standard InChI is InChI=1S/C18H24N4O2/c1-4-24-15-10-8-14(9-11-15)13(2)21(3)18(23)17-20-19-16-7-5-6-12-22(16)17/h8-11,13H,4-7,12H2,1-3H3. The van der Waals surface area contributed by atoms with E-state index in [1.807, 2.05) is 49.7 Å². The van der Waals surface area contributed by atoms with Crippen molar-refractivity contribution in [2.75, 3.05) is 13.7 Å². The summed E-state index contributed by atoms with van der Waals surface area (Å²) in [6, 6.07) is 7.82. The Morgan fingerprint density at radius 2 is 2.04 bits per heavy atom. The predicted molar refractivity (Wildman–Crippen MR) is 91.1 cm³/mol. The van der Waals surface area contributed by atoms with Crippen molar-refractivity contribution >= 4 is 5.91 Å². The molecule has 6 heteroatoms. The zero-order valence-electron chi connectivity index (χ0n) is 14.5. The maximum Gasteiger partial charge on any atom is 0.292 e. The summed E-state index contributed by atoms with van der Waals surface area (Å²) in [5, 5.41) is 8.31. The van der Waals surface area contributed by atoms with Gasteiger partial charge in [-0.05, 0) is 44.4 Å². The molecule has 1 atom stereocenters. The minimum atomic E-state index is -0.0861. The molecule has 3 rings (SSSR count). The molecule has 1 amide bonds. The molecule has 0 fully saturated rings. The van der Waals surface area contributed by atoms with E-state index in [9.17, 15) is 4.79 Å². The summed E-state index contributed by atoms with van der Waals surface area (Å²) in [4.78, 5) is 14.6. The second kappa shape index (κ2) is 7.03. The molecule has 128 valence electrons. The van der Waals surface area contributed by atoms with Crippen LogP contribution in [0.1, 0.15) is 54.7 Å². The molecule has 0 N–H and O–H groups in total. The average Bonchev–Trinajstić information content (AvgIpc) is 3.05. The van der Waals surface area contributed by atoms with Gasteiger partial charge in [0, 0.05) is 20.0 Å². The molecule has 0 bridgehead atoms. The Kier molecular flexibility index (Phi) is 4.83. The van der Waals surface area contributed by atoms with Crippen LogP contribution in [0.2, 0.25) is 0 Å². The molecule has 0 spiro atoms. The van der Waals surface area contributed by atoms with Crippen molar-refractivity contribution in [1.29, 1.82) is 0 Å². The Hall–Kier alpha value is -2.37. The van der Waals surface area contributed by atoms with Gasteiger partial charge in [-0.3, -0.25) is 4.79 Å². The number of carbonyl (C=O) groups is 1. The molecular formula is C18H24N4O2. The molecule has 2 aromatic rings. The number of carbonyl (C=O) groups excluding carboxylic acids is 1. The number of amides is 1. The third kappa shape index (κ3) is 3.13. The molecule has 0 saturated carbocycles. The van der Waals surface area contributed by atoms with Crippen LogP contribution in [0.4, 0.5) is 0 Å². The fraction of sp³-hybridized carbons (Fsp3) is 0.500. The van der Waals surface area contributed by atoms with E-state index in [2.05, 4.69) is 10.2 Å². The zero-order valence-corrected chi connectivity index (χ0v) is 14.5. The highest BCUT2D eigenvalue weighted by Gasteiger charge is 2.26. The molecule has 24 heavy (non-hydrogen) atoms. The molecule has 0 aliphatic carbocycles. The van der Waals surface area contributed by atoms with Crippen LogP contribution in [0.25, 0.3) is 0 Å². The maximum atomic E-state index is 12.8. The number of aromatic nitrogens is 3. The fourth-order valence-corrected chi connectivity index (χ4v) is 3.03. The molecule has 6 nitrogen and oxygen atoms in total. The summed E-state index contributed by atoms with van der Waals surface area (Å²) in [5.41, 5.74) is 1.06. The quantitative estimate of drug-likeness (QED) is 0.847. The van der Waals surface area contributed by atoms with Gasteiger partial charge in [0.15, 0.2) is 0 Å². The lowest BCUT2D eigenvalue weighted by atomic mass is 10.1. The molecule has 0 radical (unpaired) electrons. The number of ether oxygens (including phenoxy) is 1. The third-order valence-electron chi connectivity index (χ3n) is 4.63. The molecule has 1 aliphatic heterocycles. The van der Waals surface area contributed by atoms with Gasteiger partial charge in [-0.2, -0.15) is 0 Å². The Morgan fingerprint density at radius 3 is 2.75 bits per heavy atom. The Labute approximate surface area is 142 Å². The molecule has 1 unspecified atom stereocenters. The number of nitrogens with zero attached hydrogens (tertiary/aromatic N) is 4. The van der Waals surface area contributed by atoms with Gasteiger partial charge in [-0.25, -0.2) is 0 Å². The first-order valence-corrected chi connectivity index (χ1v) is 8.53. The molecule has 2 heterocycles. The van der Waals surface area contributed by atoms with E-state index in [4.69, 9.17) is 4.74 Å². The Bertz CT molecular complexity index is 708. The van der Waals surface area contributed by atoms with Crippen LogP contribution >= 0.6 is 0 Å². The summed E-state index contributed by atoms with van der Waals surface area (Å²) in [5.74, 6) is 2.13. The molecular weight excluding hydrogens is 304 g/mol. The summed E-state index contributed by atoms with van der Waals surface area (Å²) >= 11 is 0. The predicted octanol–water partition coefficient (Wildman–Crippen LogP) is 2.85. The van der Waals surface area contributed by atoms with Gasteiger partial charge in [-0.15, -0.1) is 10.2 Å². The monoisotopic (exact) mass is 328 g/mol. The normalized spacial score (nSPS) is 14.8. The molecule has 1 aromatic heterocycles. The first-order valence-electron chi connectivity index (χ1n) is 8.53. The zero-order chi connectivity index (χ0) is 17.1. The summed E-state index contributed by atoms with van der Waals surface area (Å²) in [6.45, 7) is 5.45. The van der Waals surface area contributed by atoms with Crippen LogP contribution < -0.4 is 4.74 Å². The second-order valence-corrected chi connectivity index (χ2v) is 6.14. The van der Waals surface area contributed by atoms with Gasteiger partial charge < -0.3 is 14.2 Å². The van der Waals surface area contributed by atoms with Crippen LogP contribution in [-0.4, -0.2) is 39.2 Å². The lowest BCUT2D eigenvalue weighted by molar-refractivity contribution is 0.0723. The highest BCUT2D eigenvalue weighted by molar-refractivity contribution is 5.90. The van der Waals surface area contributed by atoms with Gasteiger partial charge in [0.25, 0.3) is 5.91 Å². The summed E-state index contributed by atoms with van der Waals surface area (Å²) < 4.78 is 7.43. The Morgan fingerprint density at radius 1 is 1.29 bits per heavy atom. The van der Waals surface area contributed by atoms with Crippen molar-refractivity contribution in [3.8, 4) is 5.75 Å². The van der Waals surface area contributed by atoms with E-state index in [-0.39, 0.29) is 11.9 Å². The number of hydrogen-bond acceptors (Lipinski definition) is 4. The van der Waals surface area contributed by atoms with Gasteiger partial charge in [0.1, 0.15) is 11.6 Å². The lowest BCUT2D eigenvalue weighted by Crippen LogP contribution is -2.32. The number of benzene rings is 1. The van der Waals surface area contributed by atoms with Gasteiger partial charge in [0.05, 0.1) is 12.6 Å². The van der Waals surface area contributed by atoms with Crippen molar-refractivity contribution in [3.05, 3.63) is 41.5 Å². The number of rotatable bonds is 5. The van der Waals surface area contributed by atoms with E-state index in [1.165, 1.54) is 0 Å². The van der Waals surface area contributed by atoms with Gasteiger partial charge in [-0.1, -0.05) is 12.1 Å². The smallest absolute Gasteiger partial charge is 0.292 e. The number of hydrogen-bond donors (Lipinski definition) is 0. The van der Waals surface area contributed by atoms with Crippen molar-refractivity contribution < 1.29 is 9.53 Å². The van der Waals surface area contributed by atoms with E-state index < -0.39 is 0 Å². The third-order valence-corrected chi connectivity index (χ3v) is 4.63. The van der Waals surface area contributed by atoms with Crippen LogP contribution in [0.5, 0.6) is 5.75 Å². The first-order chi connectivity index (χ1) is 11.6. The second-order valence-electron chi connectivity index (χ2n) is 6.14. The van der Waals surface area contributed by atoms with Crippen LogP contribution in [0, 0.1) is 0 Å². The van der Waals surface area contributed by atoms with Crippen molar-refractivity contribution in [1.82, 2.24) is 19.7 Å². The highest BCUT2D eigenvalue weighted by Crippen LogP contribution is 2.24. The van der Waals surface area contributed by atoms with Crippen LogP contribution in [0.15, 0.2) is 24.3 Å². The van der Waals surface area contributed by atoms with Gasteiger partial charge >= 0.3 is 0 Å². The minimum Gasteiger partial charge on any atom is -0.494 e. The topological polar surface area (TPSA) is 60.2 Å². The van der Waals surface area contributed by atoms with E-state index in [0.29, 0.717) is 12.4 Å². The number of aryl methyl sites for hydroxylation is 1. The van der Waals surface area contributed by atoms with Crippen molar-refractivity contribution in [2.45, 2.75) is 45.7 Å². The van der Waals surface area contributed by atoms with Crippen LogP contribution in [0.3, 0.4) is 0 Å². The van der Waals surface area contributed by atoms with Crippen molar-refractivity contribution in [2.24, 2.45) is 0 Å². The summed E-state index contributed by atoms with van der Waals surface area (Å²) in [6.07, 6.45) is 3.09. The molecule has 1 aliphatic rings.